The topological polar surface area (TPSA) is 75.4 Å². The molecule has 2 atom stereocenters. The molecule has 0 radical (unpaired) electrons. The normalized spacial score (nSPS) is 13.0. The SMILES string of the molecule is CCC(C)C(N)C(=O)Nc1cccc(C(=O)N(C)c2ccccc2)c1. The first kappa shape index (κ1) is 18.7. The van der Waals surface area contributed by atoms with Crippen molar-refractivity contribution in [3.8, 4) is 0 Å². The molecule has 5 nitrogen and oxygen atoms in total. The zero-order valence-corrected chi connectivity index (χ0v) is 14.9. The molecule has 132 valence electrons. The lowest BCUT2D eigenvalue weighted by Crippen LogP contribution is -2.40. The molecule has 2 rings (SSSR count). The van der Waals surface area contributed by atoms with Gasteiger partial charge in [-0.3, -0.25) is 9.59 Å². The minimum absolute atomic E-state index is 0.0917. The lowest BCUT2D eigenvalue weighted by atomic mass is 9.99. The molecule has 0 heterocycles. The molecule has 2 unspecified atom stereocenters. The highest BCUT2D eigenvalue weighted by atomic mass is 16.2. The van der Waals surface area contributed by atoms with Gasteiger partial charge in [-0.2, -0.15) is 0 Å². The number of hydrogen-bond acceptors (Lipinski definition) is 3. The van der Waals surface area contributed by atoms with Crippen LogP contribution in [-0.4, -0.2) is 24.9 Å². The minimum Gasteiger partial charge on any atom is -0.325 e. The lowest BCUT2D eigenvalue weighted by molar-refractivity contribution is -0.118. The summed E-state index contributed by atoms with van der Waals surface area (Å²) in [7, 11) is 1.72. The quantitative estimate of drug-likeness (QED) is 0.848. The summed E-state index contributed by atoms with van der Waals surface area (Å²) < 4.78 is 0. The van der Waals surface area contributed by atoms with Crippen LogP contribution in [0.25, 0.3) is 0 Å². The van der Waals surface area contributed by atoms with E-state index in [0.29, 0.717) is 11.3 Å². The Hall–Kier alpha value is -2.66. The second-order valence-corrected chi connectivity index (χ2v) is 6.18. The maximum atomic E-state index is 12.7. The van der Waals surface area contributed by atoms with Crippen LogP contribution in [0.2, 0.25) is 0 Å². The number of nitrogens with one attached hydrogen (secondary N) is 1. The number of amides is 2. The maximum Gasteiger partial charge on any atom is 0.258 e. The first-order valence-electron chi connectivity index (χ1n) is 8.43. The van der Waals surface area contributed by atoms with E-state index in [0.717, 1.165) is 12.1 Å². The summed E-state index contributed by atoms with van der Waals surface area (Å²) in [6.45, 7) is 3.94. The molecule has 0 fully saturated rings. The molecular formula is C20H25N3O2. The van der Waals surface area contributed by atoms with Crippen molar-refractivity contribution in [3.63, 3.8) is 0 Å². The fourth-order valence-electron chi connectivity index (χ4n) is 2.43. The van der Waals surface area contributed by atoms with Crippen molar-refractivity contribution in [2.45, 2.75) is 26.3 Å². The van der Waals surface area contributed by atoms with E-state index in [-0.39, 0.29) is 17.7 Å². The summed E-state index contributed by atoms with van der Waals surface area (Å²) in [5.74, 6) is -0.294. The van der Waals surface area contributed by atoms with Crippen molar-refractivity contribution in [2.75, 3.05) is 17.3 Å². The fraction of sp³-hybridized carbons (Fsp3) is 0.300. The Morgan fingerprint density at radius 3 is 2.44 bits per heavy atom. The van der Waals surface area contributed by atoms with Crippen LogP contribution in [0.4, 0.5) is 11.4 Å². The zero-order valence-electron chi connectivity index (χ0n) is 14.9. The summed E-state index contributed by atoms with van der Waals surface area (Å²) in [4.78, 5) is 26.5. The molecule has 0 aliphatic heterocycles. The molecule has 0 spiro atoms. The summed E-state index contributed by atoms with van der Waals surface area (Å²) in [5.41, 5.74) is 7.83. The van der Waals surface area contributed by atoms with Gasteiger partial charge < -0.3 is 16.0 Å². The highest BCUT2D eigenvalue weighted by Crippen LogP contribution is 2.18. The van der Waals surface area contributed by atoms with Crippen LogP contribution in [0, 0.1) is 5.92 Å². The van der Waals surface area contributed by atoms with Gasteiger partial charge in [0.15, 0.2) is 0 Å². The van der Waals surface area contributed by atoms with Gasteiger partial charge in [0.2, 0.25) is 5.91 Å². The van der Waals surface area contributed by atoms with Gasteiger partial charge in [-0.1, -0.05) is 44.5 Å². The van der Waals surface area contributed by atoms with Crippen LogP contribution < -0.4 is 16.0 Å². The number of rotatable bonds is 6. The van der Waals surface area contributed by atoms with E-state index in [1.54, 1.807) is 36.2 Å². The van der Waals surface area contributed by atoms with Gasteiger partial charge in [-0.05, 0) is 36.2 Å². The van der Waals surface area contributed by atoms with Crippen LogP contribution in [0.3, 0.4) is 0 Å². The van der Waals surface area contributed by atoms with Crippen LogP contribution in [-0.2, 0) is 4.79 Å². The van der Waals surface area contributed by atoms with Gasteiger partial charge in [-0.15, -0.1) is 0 Å². The number of nitrogens with zero attached hydrogens (tertiary/aromatic N) is 1. The third-order valence-electron chi connectivity index (χ3n) is 4.38. The van der Waals surface area contributed by atoms with Gasteiger partial charge in [0.05, 0.1) is 6.04 Å². The molecule has 0 saturated carbocycles. The lowest BCUT2D eigenvalue weighted by Gasteiger charge is -2.19. The average molecular weight is 339 g/mol. The molecule has 3 N–H and O–H groups in total. The van der Waals surface area contributed by atoms with Crippen LogP contribution in [0.1, 0.15) is 30.6 Å². The van der Waals surface area contributed by atoms with E-state index < -0.39 is 6.04 Å². The molecule has 5 heteroatoms. The highest BCUT2D eigenvalue weighted by molar-refractivity contribution is 6.06. The Morgan fingerprint density at radius 2 is 1.80 bits per heavy atom. The Morgan fingerprint density at radius 1 is 1.12 bits per heavy atom. The predicted molar refractivity (Wildman–Crippen MR) is 102 cm³/mol. The molecule has 25 heavy (non-hydrogen) atoms. The van der Waals surface area contributed by atoms with Crippen LogP contribution in [0.5, 0.6) is 0 Å². The number of carbonyl (C=O) groups excluding carboxylic acids is 2. The van der Waals surface area contributed by atoms with Crippen molar-refractivity contribution in [2.24, 2.45) is 11.7 Å². The first-order chi connectivity index (χ1) is 11.9. The van der Waals surface area contributed by atoms with Crippen molar-refractivity contribution in [1.82, 2.24) is 0 Å². The van der Waals surface area contributed by atoms with Gasteiger partial charge in [-0.25, -0.2) is 0 Å². The summed E-state index contributed by atoms with van der Waals surface area (Å²) in [5, 5.41) is 2.80. The van der Waals surface area contributed by atoms with Gasteiger partial charge >= 0.3 is 0 Å². The molecule has 2 aromatic carbocycles. The number of anilines is 2. The molecule has 2 amide bonds. The van der Waals surface area contributed by atoms with E-state index in [9.17, 15) is 9.59 Å². The van der Waals surface area contributed by atoms with Crippen molar-refractivity contribution in [3.05, 3.63) is 60.2 Å². The third kappa shape index (κ3) is 4.67. The van der Waals surface area contributed by atoms with E-state index in [1.165, 1.54) is 0 Å². The van der Waals surface area contributed by atoms with Gasteiger partial charge in [0, 0.05) is 24.0 Å². The minimum atomic E-state index is -0.573. The predicted octanol–water partition coefficient (Wildman–Crippen LogP) is 3.28. The molecule has 0 aliphatic carbocycles. The number of hydrogen-bond donors (Lipinski definition) is 2. The van der Waals surface area contributed by atoms with Crippen molar-refractivity contribution >= 4 is 23.2 Å². The summed E-state index contributed by atoms with van der Waals surface area (Å²) >= 11 is 0. The summed E-state index contributed by atoms with van der Waals surface area (Å²) in [6, 6.07) is 15.7. The van der Waals surface area contributed by atoms with Crippen molar-refractivity contribution < 1.29 is 9.59 Å². The molecule has 2 aromatic rings. The van der Waals surface area contributed by atoms with E-state index in [4.69, 9.17) is 5.73 Å². The molecule has 0 saturated heterocycles. The highest BCUT2D eigenvalue weighted by Gasteiger charge is 2.20. The number of nitrogens with two attached hydrogens (primary N) is 1. The monoisotopic (exact) mass is 339 g/mol. The molecule has 0 aliphatic rings. The second kappa shape index (κ2) is 8.44. The average Bonchev–Trinajstić information content (AvgIpc) is 2.66. The van der Waals surface area contributed by atoms with E-state index in [2.05, 4.69) is 5.32 Å². The maximum absolute atomic E-state index is 12.7. The second-order valence-electron chi connectivity index (χ2n) is 6.18. The first-order valence-corrected chi connectivity index (χ1v) is 8.43. The Balaban J connectivity index is 2.13. The van der Waals surface area contributed by atoms with Crippen molar-refractivity contribution in [1.29, 1.82) is 0 Å². The number of carbonyl (C=O) groups is 2. The fourth-order valence-corrected chi connectivity index (χ4v) is 2.43. The summed E-state index contributed by atoms with van der Waals surface area (Å²) in [6.07, 6.45) is 0.828. The van der Waals surface area contributed by atoms with E-state index >= 15 is 0 Å². The number of benzene rings is 2. The van der Waals surface area contributed by atoms with Crippen LogP contribution >= 0.6 is 0 Å². The number of para-hydroxylation sites is 1. The Labute approximate surface area is 148 Å². The Kier molecular flexibility index (Phi) is 6.31. The smallest absolute Gasteiger partial charge is 0.258 e. The zero-order chi connectivity index (χ0) is 18.4. The van der Waals surface area contributed by atoms with E-state index in [1.807, 2.05) is 44.2 Å². The Bertz CT molecular complexity index is 731. The molecule has 0 bridgehead atoms. The standard InChI is InChI=1S/C20H25N3O2/c1-4-14(2)18(21)19(24)22-16-10-8-9-15(13-16)20(25)23(3)17-11-6-5-7-12-17/h5-14,18H,4,21H2,1-3H3,(H,22,24). The largest absolute Gasteiger partial charge is 0.325 e. The van der Waals surface area contributed by atoms with Crippen LogP contribution in [0.15, 0.2) is 54.6 Å². The van der Waals surface area contributed by atoms with Gasteiger partial charge in [0.25, 0.3) is 5.91 Å². The molecular weight excluding hydrogens is 314 g/mol. The third-order valence-corrected chi connectivity index (χ3v) is 4.38. The van der Waals surface area contributed by atoms with Gasteiger partial charge in [0.1, 0.15) is 0 Å². The molecule has 0 aromatic heterocycles.